The van der Waals surface area contributed by atoms with Crippen LogP contribution in [0.4, 0.5) is 5.69 Å². The van der Waals surface area contributed by atoms with E-state index in [4.69, 9.17) is 15.0 Å². The lowest BCUT2D eigenvalue weighted by Crippen LogP contribution is -1.99. The van der Waals surface area contributed by atoms with Gasteiger partial charge in [0.05, 0.1) is 11.5 Å². The van der Waals surface area contributed by atoms with Crippen LogP contribution >= 0.6 is 0 Å². The molecule has 6 nitrogen and oxygen atoms in total. The quantitative estimate of drug-likeness (QED) is 0.286. The normalized spacial score (nSPS) is 12.0. The predicted molar refractivity (Wildman–Crippen MR) is 113 cm³/mol. The molecule has 0 aromatic heterocycles. The monoisotopic (exact) mass is 389 g/mol. The van der Waals surface area contributed by atoms with Gasteiger partial charge in [-0.15, -0.1) is 0 Å². The van der Waals surface area contributed by atoms with Gasteiger partial charge in [0.1, 0.15) is 0 Å². The zero-order chi connectivity index (χ0) is 21.9. The highest BCUT2D eigenvalue weighted by atomic mass is 16.6. The summed E-state index contributed by atoms with van der Waals surface area (Å²) in [6, 6.07) is 1.87. The number of allylic oxidation sites excluding steroid dienone is 4. The fraction of sp³-hybridized carbons (Fsp3) is 0.409. The largest absolute Gasteiger partial charge is 0.481 e. The van der Waals surface area contributed by atoms with Gasteiger partial charge < -0.3 is 10.2 Å². The first kappa shape index (κ1) is 25.3. The Labute approximate surface area is 167 Å². The Hall–Kier alpha value is -2.73. The number of aliphatic hydroxyl groups is 1. The Bertz CT molecular complexity index is 785. The van der Waals surface area contributed by atoms with Crippen molar-refractivity contribution in [1.29, 1.82) is 0 Å². The number of nitro benzene ring substituents is 1. The maximum atomic E-state index is 11.2. The number of nitro groups is 1. The van der Waals surface area contributed by atoms with Crippen molar-refractivity contribution in [2.75, 3.05) is 6.61 Å². The molecule has 0 saturated carbocycles. The van der Waals surface area contributed by atoms with Crippen molar-refractivity contribution >= 4 is 17.7 Å². The standard InChI is InChI=1S/C20H27NO3.C2H4O2/c1-14(7-6-8-15(2)11-12-22)9-10-19-16(3)13-17(4)20(18(19)5)21(23)24;1-2(3)4/h7,9-11,13,22H,6,8,12H2,1-5H3;1H3,(H,3,4). The van der Waals surface area contributed by atoms with Crippen LogP contribution < -0.4 is 0 Å². The van der Waals surface area contributed by atoms with E-state index in [0.29, 0.717) is 11.1 Å². The van der Waals surface area contributed by atoms with Gasteiger partial charge in [-0.3, -0.25) is 14.9 Å². The highest BCUT2D eigenvalue weighted by Crippen LogP contribution is 2.29. The second kappa shape index (κ2) is 12.6. The molecule has 0 spiro atoms. The smallest absolute Gasteiger partial charge is 0.300 e. The maximum Gasteiger partial charge on any atom is 0.300 e. The van der Waals surface area contributed by atoms with Crippen LogP contribution in [0.2, 0.25) is 0 Å². The summed E-state index contributed by atoms with van der Waals surface area (Å²) < 4.78 is 0. The van der Waals surface area contributed by atoms with E-state index in [9.17, 15) is 10.1 Å². The van der Waals surface area contributed by atoms with Gasteiger partial charge >= 0.3 is 0 Å². The van der Waals surface area contributed by atoms with Crippen LogP contribution in [-0.2, 0) is 4.79 Å². The molecule has 2 N–H and O–H groups in total. The van der Waals surface area contributed by atoms with Crippen molar-refractivity contribution in [3.05, 3.63) is 67.8 Å². The lowest BCUT2D eigenvalue weighted by atomic mass is 9.96. The van der Waals surface area contributed by atoms with Gasteiger partial charge in [0.25, 0.3) is 11.7 Å². The number of aliphatic carboxylic acids is 1. The number of benzene rings is 1. The minimum Gasteiger partial charge on any atom is -0.481 e. The van der Waals surface area contributed by atoms with Gasteiger partial charge in [-0.2, -0.15) is 0 Å². The molecule has 0 unspecified atom stereocenters. The number of carboxylic acid groups (broad SMARTS) is 1. The third-order valence-corrected chi connectivity index (χ3v) is 4.13. The summed E-state index contributed by atoms with van der Waals surface area (Å²) in [4.78, 5) is 19.9. The number of carbonyl (C=O) groups is 1. The van der Waals surface area contributed by atoms with Gasteiger partial charge in [0.2, 0.25) is 0 Å². The molecular weight excluding hydrogens is 358 g/mol. The maximum absolute atomic E-state index is 11.2. The van der Waals surface area contributed by atoms with Gasteiger partial charge in [-0.1, -0.05) is 35.5 Å². The van der Waals surface area contributed by atoms with Gasteiger partial charge in [-0.25, -0.2) is 0 Å². The summed E-state index contributed by atoms with van der Waals surface area (Å²) in [5, 5.41) is 27.5. The topological polar surface area (TPSA) is 101 Å². The molecule has 0 aliphatic rings. The molecule has 1 aromatic carbocycles. The van der Waals surface area contributed by atoms with E-state index in [-0.39, 0.29) is 17.2 Å². The lowest BCUT2D eigenvalue weighted by Gasteiger charge is -2.09. The van der Waals surface area contributed by atoms with Gasteiger partial charge in [0, 0.05) is 18.1 Å². The molecule has 1 aromatic rings. The molecule has 154 valence electrons. The zero-order valence-corrected chi connectivity index (χ0v) is 17.6. The Morgan fingerprint density at radius 1 is 1.14 bits per heavy atom. The van der Waals surface area contributed by atoms with Crippen molar-refractivity contribution in [2.45, 2.75) is 54.4 Å². The minimum absolute atomic E-state index is 0.0825. The molecule has 0 heterocycles. The Kier molecular flexibility index (Phi) is 11.4. The molecule has 0 aliphatic carbocycles. The van der Waals surface area contributed by atoms with Crippen LogP contribution in [0.15, 0.2) is 35.4 Å². The number of rotatable bonds is 7. The summed E-state index contributed by atoms with van der Waals surface area (Å²) in [6.07, 6.45) is 9.73. The van der Waals surface area contributed by atoms with Crippen LogP contribution in [0, 0.1) is 30.9 Å². The third-order valence-electron chi connectivity index (χ3n) is 4.13. The molecule has 1 rings (SSSR count). The second-order valence-electron chi connectivity index (χ2n) is 6.73. The molecule has 0 radical (unpaired) electrons. The highest BCUT2D eigenvalue weighted by molar-refractivity contribution is 5.66. The third kappa shape index (κ3) is 9.28. The average molecular weight is 389 g/mol. The summed E-state index contributed by atoms with van der Waals surface area (Å²) in [6.45, 7) is 10.8. The van der Waals surface area contributed by atoms with Crippen LogP contribution in [0.3, 0.4) is 0 Å². The Balaban J connectivity index is 0.00000165. The van der Waals surface area contributed by atoms with E-state index in [1.165, 1.54) is 5.57 Å². The first-order chi connectivity index (χ1) is 13.0. The Morgan fingerprint density at radius 3 is 2.21 bits per heavy atom. The first-order valence-corrected chi connectivity index (χ1v) is 9.07. The van der Waals surface area contributed by atoms with E-state index in [1.807, 2.05) is 45.1 Å². The fourth-order valence-electron chi connectivity index (χ4n) is 2.80. The first-order valence-electron chi connectivity index (χ1n) is 9.07. The number of hydrogen-bond acceptors (Lipinski definition) is 4. The molecule has 0 aliphatic heterocycles. The van der Waals surface area contributed by atoms with E-state index < -0.39 is 5.97 Å². The van der Waals surface area contributed by atoms with Crippen LogP contribution in [0.25, 0.3) is 6.08 Å². The van der Waals surface area contributed by atoms with Crippen LogP contribution in [-0.4, -0.2) is 27.7 Å². The molecule has 6 heteroatoms. The predicted octanol–water partition coefficient (Wildman–Crippen LogP) is 5.29. The number of carboxylic acids is 1. The number of aryl methyl sites for hydroxylation is 2. The van der Waals surface area contributed by atoms with Crippen molar-refractivity contribution < 1.29 is 19.9 Å². The molecule has 0 saturated heterocycles. The molecule has 28 heavy (non-hydrogen) atoms. The van der Waals surface area contributed by atoms with Gasteiger partial charge in [-0.05, 0) is 64.7 Å². The van der Waals surface area contributed by atoms with Crippen molar-refractivity contribution in [3.63, 3.8) is 0 Å². The molecule has 0 atom stereocenters. The Morgan fingerprint density at radius 2 is 1.71 bits per heavy atom. The summed E-state index contributed by atoms with van der Waals surface area (Å²) >= 11 is 0. The fourth-order valence-corrected chi connectivity index (χ4v) is 2.80. The van der Waals surface area contributed by atoms with E-state index in [0.717, 1.165) is 36.5 Å². The van der Waals surface area contributed by atoms with Crippen LogP contribution in [0.1, 0.15) is 55.9 Å². The van der Waals surface area contributed by atoms with Crippen molar-refractivity contribution in [2.24, 2.45) is 0 Å². The highest BCUT2D eigenvalue weighted by Gasteiger charge is 2.18. The second-order valence-corrected chi connectivity index (χ2v) is 6.73. The number of nitrogens with zero attached hydrogens (tertiary/aromatic N) is 1. The van der Waals surface area contributed by atoms with Crippen molar-refractivity contribution in [1.82, 2.24) is 0 Å². The number of hydrogen-bond donors (Lipinski definition) is 2. The van der Waals surface area contributed by atoms with E-state index in [2.05, 4.69) is 6.08 Å². The summed E-state index contributed by atoms with van der Waals surface area (Å²) in [7, 11) is 0. The lowest BCUT2D eigenvalue weighted by molar-refractivity contribution is -0.386. The average Bonchev–Trinajstić information content (AvgIpc) is 2.53. The molecule has 0 bridgehead atoms. The summed E-state index contributed by atoms with van der Waals surface area (Å²) in [5.74, 6) is -0.833. The zero-order valence-electron chi connectivity index (χ0n) is 17.6. The SMILES string of the molecule is CC(=O)O.CC(C=Cc1c(C)cc(C)c([N+](=O)[O-])c1C)=CCCC(C)=CCO. The molecule has 0 amide bonds. The van der Waals surface area contributed by atoms with Crippen LogP contribution in [0.5, 0.6) is 0 Å². The number of aliphatic hydroxyl groups excluding tert-OH is 1. The minimum atomic E-state index is -0.833. The van der Waals surface area contributed by atoms with E-state index >= 15 is 0 Å². The van der Waals surface area contributed by atoms with Gasteiger partial charge in [0.15, 0.2) is 0 Å². The molecular formula is C22H31NO5. The summed E-state index contributed by atoms with van der Waals surface area (Å²) in [5.41, 5.74) is 5.86. The molecule has 0 fully saturated rings. The van der Waals surface area contributed by atoms with Crippen molar-refractivity contribution in [3.8, 4) is 0 Å². The van der Waals surface area contributed by atoms with E-state index in [1.54, 1.807) is 13.8 Å².